The highest BCUT2D eigenvalue weighted by Crippen LogP contribution is 2.18. The van der Waals surface area contributed by atoms with Crippen LogP contribution < -0.4 is 11.1 Å². The minimum atomic E-state index is -0.248. The van der Waals surface area contributed by atoms with Gasteiger partial charge in [0.1, 0.15) is 0 Å². The van der Waals surface area contributed by atoms with Crippen molar-refractivity contribution in [3.05, 3.63) is 35.9 Å². The summed E-state index contributed by atoms with van der Waals surface area (Å²) in [6.45, 7) is 4.33. The molecule has 1 heterocycles. The number of hydrogen-bond donors (Lipinski definition) is 2. The predicted molar refractivity (Wildman–Crippen MR) is 76.2 cm³/mol. The molecule has 0 radical (unpaired) electrons. The van der Waals surface area contributed by atoms with E-state index in [4.69, 9.17) is 5.73 Å². The van der Waals surface area contributed by atoms with Gasteiger partial charge < -0.3 is 16.0 Å². The van der Waals surface area contributed by atoms with Crippen molar-refractivity contribution in [2.45, 2.75) is 32.5 Å². The van der Waals surface area contributed by atoms with Crippen molar-refractivity contribution in [3.63, 3.8) is 0 Å². The molecule has 1 atom stereocenters. The number of carbonyl (C=O) groups is 1. The van der Waals surface area contributed by atoms with Crippen molar-refractivity contribution < 1.29 is 4.79 Å². The van der Waals surface area contributed by atoms with Crippen LogP contribution in [0.3, 0.4) is 0 Å². The Bertz CT molecular complexity index is 399. The summed E-state index contributed by atoms with van der Waals surface area (Å²) in [6, 6.07) is 10.0. The SMILES string of the molecule is CC(N)N(Cc1ccccc1)C(=O)C1CCNCC1. The van der Waals surface area contributed by atoms with E-state index in [1.807, 2.05) is 37.3 Å². The number of carbonyl (C=O) groups excluding carboxylic acids is 1. The fraction of sp³-hybridized carbons (Fsp3) is 0.533. The molecule has 2 rings (SSSR count). The zero-order valence-electron chi connectivity index (χ0n) is 11.5. The molecule has 1 amide bonds. The maximum atomic E-state index is 12.6. The smallest absolute Gasteiger partial charge is 0.227 e. The van der Waals surface area contributed by atoms with E-state index in [2.05, 4.69) is 5.32 Å². The van der Waals surface area contributed by atoms with Gasteiger partial charge in [-0.3, -0.25) is 4.79 Å². The first kappa shape index (κ1) is 14.0. The van der Waals surface area contributed by atoms with Gasteiger partial charge in [0.05, 0.1) is 6.17 Å². The highest BCUT2D eigenvalue weighted by Gasteiger charge is 2.27. The Morgan fingerprint density at radius 2 is 2.00 bits per heavy atom. The van der Waals surface area contributed by atoms with Crippen molar-refractivity contribution in [1.82, 2.24) is 10.2 Å². The Kier molecular flexibility index (Phi) is 4.93. The number of hydrogen-bond acceptors (Lipinski definition) is 3. The van der Waals surface area contributed by atoms with Gasteiger partial charge in [-0.05, 0) is 38.4 Å². The second kappa shape index (κ2) is 6.68. The van der Waals surface area contributed by atoms with Crippen molar-refractivity contribution >= 4 is 5.91 Å². The Morgan fingerprint density at radius 3 is 2.58 bits per heavy atom. The van der Waals surface area contributed by atoms with Gasteiger partial charge >= 0.3 is 0 Å². The van der Waals surface area contributed by atoms with E-state index in [-0.39, 0.29) is 18.0 Å². The van der Waals surface area contributed by atoms with Crippen LogP contribution in [0.4, 0.5) is 0 Å². The van der Waals surface area contributed by atoms with Gasteiger partial charge in [-0.1, -0.05) is 30.3 Å². The van der Waals surface area contributed by atoms with Gasteiger partial charge in [-0.2, -0.15) is 0 Å². The van der Waals surface area contributed by atoms with Crippen LogP contribution >= 0.6 is 0 Å². The lowest BCUT2D eigenvalue weighted by molar-refractivity contribution is -0.139. The van der Waals surface area contributed by atoms with Crippen LogP contribution in [0, 0.1) is 5.92 Å². The Labute approximate surface area is 115 Å². The number of amides is 1. The predicted octanol–water partition coefficient (Wildman–Crippen LogP) is 1.32. The third-order valence-corrected chi connectivity index (χ3v) is 3.66. The summed E-state index contributed by atoms with van der Waals surface area (Å²) in [7, 11) is 0. The molecule has 1 aliphatic rings. The van der Waals surface area contributed by atoms with Gasteiger partial charge in [0.15, 0.2) is 0 Å². The summed E-state index contributed by atoms with van der Waals surface area (Å²) in [4.78, 5) is 14.4. The number of piperidine rings is 1. The maximum Gasteiger partial charge on any atom is 0.227 e. The van der Waals surface area contributed by atoms with Gasteiger partial charge in [-0.15, -0.1) is 0 Å². The normalized spacial score (nSPS) is 18.0. The number of benzene rings is 1. The van der Waals surface area contributed by atoms with Crippen LogP contribution in [0.5, 0.6) is 0 Å². The van der Waals surface area contributed by atoms with Crippen molar-refractivity contribution in [1.29, 1.82) is 0 Å². The Hall–Kier alpha value is -1.39. The minimum absolute atomic E-state index is 0.121. The van der Waals surface area contributed by atoms with Crippen LogP contribution in [0.15, 0.2) is 30.3 Å². The van der Waals surface area contributed by atoms with Crippen LogP contribution in [-0.2, 0) is 11.3 Å². The molecule has 1 aromatic carbocycles. The second-order valence-corrected chi connectivity index (χ2v) is 5.22. The van der Waals surface area contributed by atoms with E-state index in [1.165, 1.54) is 0 Å². The molecule has 0 bridgehead atoms. The highest BCUT2D eigenvalue weighted by molar-refractivity contribution is 5.79. The summed E-state index contributed by atoms with van der Waals surface area (Å²) in [5.74, 6) is 0.316. The summed E-state index contributed by atoms with van der Waals surface area (Å²) in [6.07, 6.45) is 1.58. The molecular weight excluding hydrogens is 238 g/mol. The average molecular weight is 261 g/mol. The molecule has 0 aliphatic carbocycles. The first-order valence-electron chi connectivity index (χ1n) is 6.99. The first-order valence-corrected chi connectivity index (χ1v) is 6.99. The maximum absolute atomic E-state index is 12.6. The molecule has 0 aromatic heterocycles. The number of nitrogens with one attached hydrogen (secondary N) is 1. The lowest BCUT2D eigenvalue weighted by atomic mass is 9.96. The van der Waals surface area contributed by atoms with Crippen LogP contribution in [-0.4, -0.2) is 30.1 Å². The Balaban J connectivity index is 2.04. The molecule has 1 unspecified atom stereocenters. The molecule has 104 valence electrons. The summed E-state index contributed by atoms with van der Waals surface area (Å²) < 4.78 is 0. The third kappa shape index (κ3) is 3.78. The largest absolute Gasteiger partial charge is 0.323 e. The molecule has 3 N–H and O–H groups in total. The lowest BCUT2D eigenvalue weighted by Crippen LogP contribution is -2.48. The standard InChI is InChI=1S/C15H23N3O/c1-12(16)18(11-13-5-3-2-4-6-13)15(19)14-7-9-17-10-8-14/h2-6,12,14,17H,7-11,16H2,1H3. The molecule has 1 aliphatic heterocycles. The minimum Gasteiger partial charge on any atom is -0.323 e. The first-order chi connectivity index (χ1) is 9.18. The van der Waals surface area contributed by atoms with Crippen LogP contribution in [0.1, 0.15) is 25.3 Å². The summed E-state index contributed by atoms with van der Waals surface area (Å²) in [5.41, 5.74) is 7.11. The van der Waals surface area contributed by atoms with Gasteiger partial charge in [0, 0.05) is 12.5 Å². The molecule has 19 heavy (non-hydrogen) atoms. The summed E-state index contributed by atoms with van der Waals surface area (Å²) in [5, 5.41) is 3.29. The molecular formula is C15H23N3O. The zero-order chi connectivity index (χ0) is 13.7. The summed E-state index contributed by atoms with van der Waals surface area (Å²) >= 11 is 0. The fourth-order valence-corrected chi connectivity index (χ4v) is 2.51. The topological polar surface area (TPSA) is 58.4 Å². The van der Waals surface area contributed by atoms with E-state index in [9.17, 15) is 4.79 Å². The highest BCUT2D eigenvalue weighted by atomic mass is 16.2. The molecule has 4 nitrogen and oxygen atoms in total. The van der Waals surface area contributed by atoms with Crippen LogP contribution in [0.25, 0.3) is 0 Å². The Morgan fingerprint density at radius 1 is 1.37 bits per heavy atom. The van der Waals surface area contributed by atoms with E-state index < -0.39 is 0 Å². The molecule has 0 saturated carbocycles. The van der Waals surface area contributed by atoms with E-state index in [0.29, 0.717) is 6.54 Å². The van der Waals surface area contributed by atoms with E-state index >= 15 is 0 Å². The monoisotopic (exact) mass is 261 g/mol. The number of nitrogens with two attached hydrogens (primary N) is 1. The van der Waals surface area contributed by atoms with Gasteiger partial charge in [-0.25, -0.2) is 0 Å². The quantitative estimate of drug-likeness (QED) is 0.804. The average Bonchev–Trinajstić information content (AvgIpc) is 2.46. The molecule has 1 fully saturated rings. The molecule has 1 saturated heterocycles. The molecule has 0 spiro atoms. The van der Waals surface area contributed by atoms with E-state index in [0.717, 1.165) is 31.5 Å². The van der Waals surface area contributed by atoms with Crippen molar-refractivity contribution in [2.75, 3.05) is 13.1 Å². The van der Waals surface area contributed by atoms with Crippen LogP contribution in [0.2, 0.25) is 0 Å². The number of rotatable bonds is 4. The van der Waals surface area contributed by atoms with Gasteiger partial charge in [0.2, 0.25) is 5.91 Å². The molecule has 1 aromatic rings. The van der Waals surface area contributed by atoms with Crippen molar-refractivity contribution in [2.24, 2.45) is 11.7 Å². The lowest BCUT2D eigenvalue weighted by Gasteiger charge is -2.32. The third-order valence-electron chi connectivity index (χ3n) is 3.66. The van der Waals surface area contributed by atoms with Crippen molar-refractivity contribution in [3.8, 4) is 0 Å². The van der Waals surface area contributed by atoms with Gasteiger partial charge in [0.25, 0.3) is 0 Å². The zero-order valence-corrected chi connectivity index (χ0v) is 11.5. The second-order valence-electron chi connectivity index (χ2n) is 5.22. The number of nitrogens with zero attached hydrogens (tertiary/aromatic N) is 1. The fourth-order valence-electron chi connectivity index (χ4n) is 2.51. The molecule has 4 heteroatoms. The van der Waals surface area contributed by atoms with E-state index in [1.54, 1.807) is 4.90 Å².